The lowest BCUT2D eigenvalue weighted by Crippen LogP contribution is -2.31. The van der Waals surface area contributed by atoms with Crippen LogP contribution in [0.1, 0.15) is 44.6 Å². The minimum atomic E-state index is -0.268. The van der Waals surface area contributed by atoms with Crippen molar-refractivity contribution in [3.63, 3.8) is 0 Å². The fourth-order valence-corrected chi connectivity index (χ4v) is 3.26. The van der Waals surface area contributed by atoms with Gasteiger partial charge in [-0.2, -0.15) is 4.98 Å². The molecule has 2 heterocycles. The summed E-state index contributed by atoms with van der Waals surface area (Å²) in [5.41, 5.74) is 2.29. The molecule has 1 aliphatic heterocycles. The lowest BCUT2D eigenvalue weighted by molar-refractivity contribution is 0.124. The molecule has 2 unspecified atom stereocenters. The first-order chi connectivity index (χ1) is 11.2. The van der Waals surface area contributed by atoms with Gasteiger partial charge in [0.15, 0.2) is 0 Å². The van der Waals surface area contributed by atoms with Crippen LogP contribution in [0, 0.1) is 0 Å². The van der Waals surface area contributed by atoms with Crippen LogP contribution in [0.15, 0.2) is 28.8 Å². The Hall–Kier alpha value is -1.72. The van der Waals surface area contributed by atoms with Crippen LogP contribution in [0.2, 0.25) is 0 Å². The van der Waals surface area contributed by atoms with E-state index < -0.39 is 0 Å². The molecule has 2 aromatic rings. The van der Waals surface area contributed by atoms with E-state index in [9.17, 15) is 5.11 Å². The van der Waals surface area contributed by atoms with E-state index in [0.717, 1.165) is 37.8 Å². The Balaban J connectivity index is 1.66. The Morgan fingerprint density at radius 1 is 1.35 bits per heavy atom. The number of aromatic nitrogens is 2. The van der Waals surface area contributed by atoms with Gasteiger partial charge in [-0.25, -0.2) is 0 Å². The first kappa shape index (κ1) is 16.1. The molecule has 1 fully saturated rings. The lowest BCUT2D eigenvalue weighted by atomic mass is 10.1. The molecular formula is C18H25N3O2. The van der Waals surface area contributed by atoms with Crippen molar-refractivity contribution in [2.75, 3.05) is 6.54 Å². The summed E-state index contributed by atoms with van der Waals surface area (Å²) in [5.74, 6) is 1.30. The Morgan fingerprint density at radius 3 is 2.83 bits per heavy atom. The van der Waals surface area contributed by atoms with Crippen LogP contribution in [0.3, 0.4) is 0 Å². The van der Waals surface area contributed by atoms with Gasteiger partial charge in [-0.05, 0) is 44.7 Å². The average Bonchev–Trinajstić information content (AvgIpc) is 3.18. The van der Waals surface area contributed by atoms with Gasteiger partial charge < -0.3 is 9.63 Å². The summed E-state index contributed by atoms with van der Waals surface area (Å²) in [4.78, 5) is 6.87. The normalized spacial score (nSPS) is 20.0. The van der Waals surface area contributed by atoms with Crippen molar-refractivity contribution < 1.29 is 9.63 Å². The molecule has 2 atom stereocenters. The molecule has 1 aromatic carbocycles. The molecule has 1 N–H and O–H groups in total. The molecule has 1 saturated heterocycles. The van der Waals surface area contributed by atoms with Crippen LogP contribution in [0.25, 0.3) is 11.4 Å². The second-order valence-electron chi connectivity index (χ2n) is 6.41. The molecule has 124 valence electrons. The van der Waals surface area contributed by atoms with Crippen LogP contribution in [0.4, 0.5) is 0 Å². The Labute approximate surface area is 137 Å². The van der Waals surface area contributed by atoms with Gasteiger partial charge in [0.25, 0.3) is 0 Å². The van der Waals surface area contributed by atoms with Gasteiger partial charge in [-0.3, -0.25) is 4.90 Å². The Bertz CT molecular complexity index is 621. The summed E-state index contributed by atoms with van der Waals surface area (Å²) in [6, 6.07) is 8.70. The van der Waals surface area contributed by atoms with Crippen LogP contribution in [-0.4, -0.2) is 38.8 Å². The molecule has 0 radical (unpaired) electrons. The number of hydrogen-bond donors (Lipinski definition) is 1. The zero-order chi connectivity index (χ0) is 16.2. The van der Waals surface area contributed by atoms with Crippen LogP contribution in [-0.2, 0) is 13.0 Å². The van der Waals surface area contributed by atoms with E-state index >= 15 is 0 Å². The number of aryl methyl sites for hydroxylation is 1. The molecule has 23 heavy (non-hydrogen) atoms. The van der Waals surface area contributed by atoms with Crippen molar-refractivity contribution in [3.05, 3.63) is 35.7 Å². The molecular weight excluding hydrogens is 290 g/mol. The summed E-state index contributed by atoms with van der Waals surface area (Å²) in [6.07, 6.45) is 3.86. The van der Waals surface area contributed by atoms with Crippen molar-refractivity contribution in [2.24, 2.45) is 0 Å². The van der Waals surface area contributed by atoms with Gasteiger partial charge >= 0.3 is 0 Å². The third-order valence-corrected chi connectivity index (χ3v) is 4.54. The minimum absolute atomic E-state index is 0.268. The molecule has 5 nitrogen and oxygen atoms in total. The zero-order valence-corrected chi connectivity index (χ0v) is 13.9. The van der Waals surface area contributed by atoms with E-state index in [2.05, 4.69) is 34.1 Å². The third-order valence-electron chi connectivity index (χ3n) is 4.54. The van der Waals surface area contributed by atoms with Crippen molar-refractivity contribution >= 4 is 0 Å². The second-order valence-corrected chi connectivity index (χ2v) is 6.41. The van der Waals surface area contributed by atoms with E-state index in [4.69, 9.17) is 4.52 Å². The molecule has 1 aliphatic rings. The first-order valence-corrected chi connectivity index (χ1v) is 8.49. The lowest BCUT2D eigenvalue weighted by Gasteiger charge is -2.23. The molecule has 0 amide bonds. The number of likely N-dealkylation sites (tertiary alicyclic amines) is 1. The van der Waals surface area contributed by atoms with Gasteiger partial charge in [0.2, 0.25) is 11.7 Å². The SMILES string of the molecule is CCc1ccc(-c2noc(CN3CCCC3CC(C)O)n2)cc1. The summed E-state index contributed by atoms with van der Waals surface area (Å²) in [5, 5.41) is 13.7. The largest absolute Gasteiger partial charge is 0.393 e. The summed E-state index contributed by atoms with van der Waals surface area (Å²) in [6.45, 7) is 5.68. The molecule has 0 aliphatic carbocycles. The van der Waals surface area contributed by atoms with Crippen LogP contribution < -0.4 is 0 Å². The maximum Gasteiger partial charge on any atom is 0.241 e. The van der Waals surface area contributed by atoms with Crippen molar-refractivity contribution in [1.29, 1.82) is 0 Å². The Morgan fingerprint density at radius 2 is 2.13 bits per heavy atom. The predicted molar refractivity (Wildman–Crippen MR) is 88.8 cm³/mol. The quantitative estimate of drug-likeness (QED) is 0.888. The van der Waals surface area contributed by atoms with E-state index in [1.165, 1.54) is 5.56 Å². The van der Waals surface area contributed by atoms with Crippen LogP contribution in [0.5, 0.6) is 0 Å². The molecule has 5 heteroatoms. The number of aliphatic hydroxyl groups excluding tert-OH is 1. The number of benzene rings is 1. The molecule has 0 bridgehead atoms. The van der Waals surface area contributed by atoms with E-state index in [1.54, 1.807) is 0 Å². The predicted octanol–water partition coefficient (Wildman–Crippen LogP) is 3.03. The molecule has 3 rings (SSSR count). The molecule has 0 saturated carbocycles. The summed E-state index contributed by atoms with van der Waals surface area (Å²) >= 11 is 0. The maximum absolute atomic E-state index is 9.61. The van der Waals surface area contributed by atoms with Gasteiger partial charge in [0.1, 0.15) is 0 Å². The van der Waals surface area contributed by atoms with Gasteiger partial charge in [-0.15, -0.1) is 0 Å². The number of rotatable bonds is 6. The van der Waals surface area contributed by atoms with Gasteiger partial charge in [0, 0.05) is 11.6 Å². The number of hydrogen-bond acceptors (Lipinski definition) is 5. The monoisotopic (exact) mass is 315 g/mol. The maximum atomic E-state index is 9.61. The fraction of sp³-hybridized carbons (Fsp3) is 0.556. The summed E-state index contributed by atoms with van der Waals surface area (Å²) in [7, 11) is 0. The van der Waals surface area contributed by atoms with Gasteiger partial charge in [-0.1, -0.05) is 36.3 Å². The molecule has 1 aromatic heterocycles. The highest BCUT2D eigenvalue weighted by Gasteiger charge is 2.27. The highest BCUT2D eigenvalue weighted by molar-refractivity contribution is 5.54. The van der Waals surface area contributed by atoms with Gasteiger partial charge in [0.05, 0.1) is 12.6 Å². The Kier molecular flexibility index (Phi) is 5.08. The standard InChI is InChI=1S/C18H25N3O2/c1-3-14-6-8-15(9-7-14)18-19-17(23-20-18)12-21-10-4-5-16(21)11-13(2)22/h6-9,13,16,22H,3-5,10-12H2,1-2H3. The van der Waals surface area contributed by atoms with Crippen molar-refractivity contribution in [3.8, 4) is 11.4 Å². The van der Waals surface area contributed by atoms with Crippen molar-refractivity contribution in [2.45, 2.75) is 58.2 Å². The summed E-state index contributed by atoms with van der Waals surface area (Å²) < 4.78 is 5.43. The van der Waals surface area contributed by atoms with E-state index in [-0.39, 0.29) is 6.10 Å². The second kappa shape index (κ2) is 7.23. The van der Waals surface area contributed by atoms with Crippen LogP contribution >= 0.6 is 0 Å². The first-order valence-electron chi connectivity index (χ1n) is 8.49. The highest BCUT2D eigenvalue weighted by Crippen LogP contribution is 2.24. The van der Waals surface area contributed by atoms with Crippen molar-refractivity contribution in [1.82, 2.24) is 15.0 Å². The topological polar surface area (TPSA) is 62.4 Å². The zero-order valence-electron chi connectivity index (χ0n) is 13.9. The minimum Gasteiger partial charge on any atom is -0.393 e. The highest BCUT2D eigenvalue weighted by atomic mass is 16.5. The number of aliphatic hydroxyl groups is 1. The average molecular weight is 315 g/mol. The fourth-order valence-electron chi connectivity index (χ4n) is 3.26. The third kappa shape index (κ3) is 3.98. The molecule has 0 spiro atoms. The van der Waals surface area contributed by atoms with E-state index in [0.29, 0.717) is 24.3 Å². The van der Waals surface area contributed by atoms with E-state index in [1.807, 2.05) is 19.1 Å². The smallest absolute Gasteiger partial charge is 0.241 e. The number of nitrogens with zero attached hydrogens (tertiary/aromatic N) is 3.